The minimum Gasteiger partial charge on any atom is -0.465 e. The molecule has 0 unspecified atom stereocenters. The second-order valence-corrected chi connectivity index (χ2v) is 5.22. The molecular weight excluding hydrogens is 308 g/mol. The summed E-state index contributed by atoms with van der Waals surface area (Å²) in [6, 6.07) is 7.29. The van der Waals surface area contributed by atoms with Gasteiger partial charge in [-0.3, -0.25) is 14.9 Å². The molecule has 0 spiro atoms. The number of nitrogens with one attached hydrogen (secondary N) is 1. The largest absolute Gasteiger partial charge is 0.465 e. The van der Waals surface area contributed by atoms with Crippen LogP contribution in [0.3, 0.4) is 0 Å². The van der Waals surface area contributed by atoms with Crippen LogP contribution in [0.5, 0.6) is 0 Å². The summed E-state index contributed by atoms with van der Waals surface area (Å²) in [4.78, 5) is 33.5. The molecule has 0 aliphatic heterocycles. The fraction of sp³-hybridized carbons (Fsp3) is 0.143. The Morgan fingerprint density at radius 2 is 1.95 bits per heavy atom. The molecular formula is C14H12N2O5S. The Morgan fingerprint density at radius 3 is 2.55 bits per heavy atom. The zero-order valence-corrected chi connectivity index (χ0v) is 12.4. The lowest BCUT2D eigenvalue weighted by molar-refractivity contribution is -0.384. The van der Waals surface area contributed by atoms with E-state index in [9.17, 15) is 19.7 Å². The lowest BCUT2D eigenvalue weighted by Crippen LogP contribution is -2.15. The van der Waals surface area contributed by atoms with Gasteiger partial charge >= 0.3 is 5.97 Å². The summed E-state index contributed by atoms with van der Waals surface area (Å²) in [5, 5.41) is 15.3. The van der Waals surface area contributed by atoms with Gasteiger partial charge in [-0.15, -0.1) is 11.3 Å². The molecule has 0 saturated heterocycles. The number of nitro benzene ring substituents is 1. The average Bonchev–Trinajstić information content (AvgIpc) is 2.95. The van der Waals surface area contributed by atoms with Crippen molar-refractivity contribution in [2.24, 2.45) is 0 Å². The summed E-state index contributed by atoms with van der Waals surface area (Å²) >= 11 is 1.22. The van der Waals surface area contributed by atoms with Crippen molar-refractivity contribution >= 4 is 33.9 Å². The molecule has 1 N–H and O–H groups in total. The molecule has 0 fully saturated rings. The van der Waals surface area contributed by atoms with Gasteiger partial charge in [0.15, 0.2) is 0 Å². The van der Waals surface area contributed by atoms with E-state index in [2.05, 4.69) is 10.1 Å². The number of non-ortho nitro benzene ring substituents is 1. The van der Waals surface area contributed by atoms with Crippen LogP contribution in [-0.4, -0.2) is 23.9 Å². The lowest BCUT2D eigenvalue weighted by Gasteiger charge is -2.05. The van der Waals surface area contributed by atoms with Crippen LogP contribution in [0.4, 0.5) is 10.7 Å². The Balaban J connectivity index is 2.03. The minimum absolute atomic E-state index is 0.0320. The molecule has 1 aromatic carbocycles. The van der Waals surface area contributed by atoms with Crippen LogP contribution in [0.2, 0.25) is 0 Å². The van der Waals surface area contributed by atoms with Crippen LogP contribution < -0.4 is 5.32 Å². The molecule has 7 nitrogen and oxygen atoms in total. The monoisotopic (exact) mass is 320 g/mol. The maximum atomic E-state index is 12.0. The summed E-state index contributed by atoms with van der Waals surface area (Å²) in [7, 11) is 1.27. The number of nitro groups is 1. The Bertz CT molecular complexity index is 708. The number of hydrogen-bond acceptors (Lipinski definition) is 6. The molecule has 2 rings (SSSR count). The van der Waals surface area contributed by atoms with Crippen LogP contribution >= 0.6 is 11.3 Å². The molecule has 1 heterocycles. The van der Waals surface area contributed by atoms with E-state index in [4.69, 9.17) is 0 Å². The topological polar surface area (TPSA) is 98.5 Å². The van der Waals surface area contributed by atoms with Crippen LogP contribution in [0.25, 0.3) is 0 Å². The Morgan fingerprint density at radius 1 is 1.27 bits per heavy atom. The number of nitrogens with zero attached hydrogens (tertiary/aromatic N) is 1. The number of benzene rings is 1. The number of amides is 1. The first-order valence-corrected chi connectivity index (χ1v) is 7.08. The fourth-order valence-corrected chi connectivity index (χ4v) is 2.56. The van der Waals surface area contributed by atoms with Crippen molar-refractivity contribution in [2.45, 2.75) is 6.42 Å². The molecule has 0 saturated carbocycles. The number of carbonyl (C=O) groups excluding carboxylic acids is 2. The number of anilines is 1. The molecule has 8 heteroatoms. The van der Waals surface area contributed by atoms with Crippen molar-refractivity contribution in [1.29, 1.82) is 0 Å². The molecule has 1 amide bonds. The van der Waals surface area contributed by atoms with Gasteiger partial charge in [0.05, 0.1) is 24.0 Å². The lowest BCUT2D eigenvalue weighted by atomic mass is 10.1. The number of carbonyl (C=O) groups is 2. The van der Waals surface area contributed by atoms with Crippen molar-refractivity contribution in [2.75, 3.05) is 12.4 Å². The van der Waals surface area contributed by atoms with E-state index in [-0.39, 0.29) is 18.0 Å². The maximum Gasteiger partial charge on any atom is 0.340 e. The summed E-state index contributed by atoms with van der Waals surface area (Å²) in [5.41, 5.74) is 0.902. The summed E-state index contributed by atoms with van der Waals surface area (Å²) in [6.07, 6.45) is 0.0521. The van der Waals surface area contributed by atoms with Crippen LogP contribution in [-0.2, 0) is 16.0 Å². The molecule has 0 bridgehead atoms. The van der Waals surface area contributed by atoms with E-state index in [1.165, 1.54) is 42.7 Å². The smallest absolute Gasteiger partial charge is 0.340 e. The van der Waals surface area contributed by atoms with Crippen molar-refractivity contribution in [3.8, 4) is 0 Å². The van der Waals surface area contributed by atoms with Gasteiger partial charge in [0, 0.05) is 12.1 Å². The zero-order valence-electron chi connectivity index (χ0n) is 11.6. The molecule has 0 radical (unpaired) electrons. The highest BCUT2D eigenvalue weighted by molar-refractivity contribution is 7.14. The maximum absolute atomic E-state index is 12.0. The quantitative estimate of drug-likeness (QED) is 0.519. The minimum atomic E-state index is -0.521. The highest BCUT2D eigenvalue weighted by Crippen LogP contribution is 2.24. The molecule has 2 aromatic rings. The number of methoxy groups -OCH3 is 1. The van der Waals surface area contributed by atoms with Gasteiger partial charge in [0.2, 0.25) is 5.91 Å². The van der Waals surface area contributed by atoms with Crippen molar-refractivity contribution in [1.82, 2.24) is 0 Å². The summed E-state index contributed by atoms with van der Waals surface area (Å²) in [5.74, 6) is -0.839. The molecule has 0 aliphatic rings. The number of hydrogen-bond donors (Lipinski definition) is 1. The van der Waals surface area contributed by atoms with Gasteiger partial charge in [-0.05, 0) is 17.0 Å². The van der Waals surface area contributed by atoms with E-state index in [1.54, 1.807) is 11.4 Å². The zero-order chi connectivity index (χ0) is 16.1. The molecule has 114 valence electrons. The Hall–Kier alpha value is -2.74. The second-order valence-electron chi connectivity index (χ2n) is 4.30. The highest BCUT2D eigenvalue weighted by Gasteiger charge is 2.15. The number of thiophene rings is 1. The first kappa shape index (κ1) is 15.6. The van der Waals surface area contributed by atoms with Crippen LogP contribution in [0, 0.1) is 10.1 Å². The van der Waals surface area contributed by atoms with Gasteiger partial charge in [-0.1, -0.05) is 12.1 Å². The predicted molar refractivity (Wildman–Crippen MR) is 81.1 cm³/mol. The normalized spacial score (nSPS) is 10.0. The Kier molecular flexibility index (Phi) is 4.84. The third-order valence-corrected chi connectivity index (χ3v) is 3.67. The van der Waals surface area contributed by atoms with Crippen LogP contribution in [0.15, 0.2) is 35.7 Å². The van der Waals surface area contributed by atoms with Gasteiger partial charge in [0.25, 0.3) is 5.69 Å². The standard InChI is InChI=1S/C14H12N2O5S/c1-21-14(18)11-6-7-22-13(11)15-12(17)8-9-2-4-10(5-3-9)16(19)20/h2-7H,8H2,1H3,(H,15,17). The molecule has 22 heavy (non-hydrogen) atoms. The number of rotatable bonds is 5. The van der Waals surface area contributed by atoms with E-state index in [0.29, 0.717) is 16.1 Å². The Labute approximate surface area is 129 Å². The fourth-order valence-electron chi connectivity index (χ4n) is 1.77. The van der Waals surface area contributed by atoms with Gasteiger partial charge in [-0.2, -0.15) is 0 Å². The van der Waals surface area contributed by atoms with Crippen molar-refractivity contribution in [3.05, 3.63) is 57.0 Å². The molecule has 0 aliphatic carbocycles. The van der Waals surface area contributed by atoms with E-state index >= 15 is 0 Å². The highest BCUT2D eigenvalue weighted by atomic mass is 32.1. The van der Waals surface area contributed by atoms with Gasteiger partial charge in [-0.25, -0.2) is 4.79 Å². The van der Waals surface area contributed by atoms with E-state index < -0.39 is 10.9 Å². The van der Waals surface area contributed by atoms with E-state index in [1.807, 2.05) is 0 Å². The molecule has 0 atom stereocenters. The predicted octanol–water partition coefficient (Wildman–Crippen LogP) is 2.62. The summed E-state index contributed by atoms with van der Waals surface area (Å²) < 4.78 is 4.62. The summed E-state index contributed by atoms with van der Waals surface area (Å²) in [6.45, 7) is 0. The number of esters is 1. The molecule has 1 aromatic heterocycles. The van der Waals surface area contributed by atoms with Crippen LogP contribution in [0.1, 0.15) is 15.9 Å². The third kappa shape index (κ3) is 3.67. The third-order valence-electron chi connectivity index (χ3n) is 2.84. The SMILES string of the molecule is COC(=O)c1ccsc1NC(=O)Cc1ccc([N+](=O)[O-])cc1. The van der Waals surface area contributed by atoms with Gasteiger partial charge < -0.3 is 10.1 Å². The van der Waals surface area contributed by atoms with E-state index in [0.717, 1.165) is 0 Å². The number of ether oxygens (including phenoxy) is 1. The van der Waals surface area contributed by atoms with Crippen molar-refractivity contribution in [3.63, 3.8) is 0 Å². The average molecular weight is 320 g/mol. The van der Waals surface area contributed by atoms with Gasteiger partial charge in [0.1, 0.15) is 5.00 Å². The first-order chi connectivity index (χ1) is 10.5. The first-order valence-electron chi connectivity index (χ1n) is 6.20. The second kappa shape index (κ2) is 6.81. The van der Waals surface area contributed by atoms with Crippen molar-refractivity contribution < 1.29 is 19.2 Å².